The van der Waals surface area contributed by atoms with Gasteiger partial charge in [0.1, 0.15) is 0 Å². The smallest absolute Gasteiger partial charge is 0.253 e. The zero-order valence-corrected chi connectivity index (χ0v) is 12.4. The van der Waals surface area contributed by atoms with Crippen molar-refractivity contribution in [3.63, 3.8) is 0 Å². The Bertz CT molecular complexity index is 783. The van der Waals surface area contributed by atoms with Crippen molar-refractivity contribution in [3.8, 4) is 16.9 Å². The third kappa shape index (κ3) is 4.16. The van der Waals surface area contributed by atoms with E-state index in [1.165, 1.54) is 12.1 Å². The number of carbonyl (C=O) groups excluding carboxylic acids is 1. The molecular formula is C17H16FN3O2. The van der Waals surface area contributed by atoms with Gasteiger partial charge in [-0.2, -0.15) is 0 Å². The first-order valence-corrected chi connectivity index (χ1v) is 6.79. The topological polar surface area (TPSA) is 99.2 Å². The molecule has 0 atom stereocenters. The summed E-state index contributed by atoms with van der Waals surface area (Å²) in [6, 6.07) is 11.3. The Labute approximate surface area is 132 Å². The summed E-state index contributed by atoms with van der Waals surface area (Å²) in [5.41, 5.74) is 7.80. The van der Waals surface area contributed by atoms with Crippen molar-refractivity contribution in [2.75, 3.05) is 0 Å². The second-order valence-corrected chi connectivity index (χ2v) is 4.98. The Morgan fingerprint density at radius 1 is 1.22 bits per heavy atom. The zero-order valence-electron chi connectivity index (χ0n) is 12.4. The largest absolute Gasteiger partial charge is 0.505 e. The maximum Gasteiger partial charge on any atom is 0.253 e. The van der Waals surface area contributed by atoms with Gasteiger partial charge in [-0.25, -0.2) is 4.39 Å². The van der Waals surface area contributed by atoms with E-state index in [1.807, 2.05) is 0 Å². The van der Waals surface area contributed by atoms with Gasteiger partial charge in [-0.3, -0.25) is 15.5 Å². The Kier molecular flexibility index (Phi) is 4.75. The SMILES string of the molecule is C/C(=C\c1ccc(-c2ccc(F)c(O)c2)cc1)C(=O)NC(=N)N. The molecule has 0 fully saturated rings. The van der Waals surface area contributed by atoms with Crippen LogP contribution in [0.3, 0.4) is 0 Å². The van der Waals surface area contributed by atoms with Crippen molar-refractivity contribution < 1.29 is 14.3 Å². The van der Waals surface area contributed by atoms with E-state index in [-0.39, 0.29) is 0 Å². The Morgan fingerprint density at radius 2 is 1.83 bits per heavy atom. The number of nitrogens with one attached hydrogen (secondary N) is 2. The number of hydrogen-bond donors (Lipinski definition) is 4. The molecule has 2 aromatic rings. The Hall–Kier alpha value is -3.15. The minimum atomic E-state index is -0.666. The van der Waals surface area contributed by atoms with Crippen LogP contribution < -0.4 is 11.1 Å². The molecule has 0 aliphatic rings. The monoisotopic (exact) mass is 313 g/mol. The summed E-state index contributed by atoms with van der Waals surface area (Å²) in [7, 11) is 0. The number of guanidine groups is 1. The first kappa shape index (κ1) is 16.2. The van der Waals surface area contributed by atoms with E-state index in [2.05, 4.69) is 5.32 Å². The van der Waals surface area contributed by atoms with Crippen LogP contribution in [0.5, 0.6) is 5.75 Å². The van der Waals surface area contributed by atoms with Crippen LogP contribution in [-0.4, -0.2) is 17.0 Å². The molecule has 23 heavy (non-hydrogen) atoms. The van der Waals surface area contributed by atoms with E-state index in [0.29, 0.717) is 11.1 Å². The van der Waals surface area contributed by atoms with Crippen molar-refractivity contribution in [3.05, 3.63) is 59.4 Å². The molecule has 0 unspecified atom stereocenters. The summed E-state index contributed by atoms with van der Waals surface area (Å²) in [4.78, 5) is 11.7. The summed E-state index contributed by atoms with van der Waals surface area (Å²) in [6.07, 6.45) is 1.66. The summed E-state index contributed by atoms with van der Waals surface area (Å²) >= 11 is 0. The first-order valence-electron chi connectivity index (χ1n) is 6.79. The average molecular weight is 313 g/mol. The molecule has 5 N–H and O–H groups in total. The van der Waals surface area contributed by atoms with Gasteiger partial charge in [-0.15, -0.1) is 0 Å². The van der Waals surface area contributed by atoms with Crippen molar-refractivity contribution in [2.45, 2.75) is 6.92 Å². The molecule has 0 aromatic heterocycles. The number of rotatable bonds is 3. The highest BCUT2D eigenvalue weighted by Crippen LogP contribution is 2.26. The standard InChI is InChI=1S/C17H16FN3O2/c1-10(16(23)21-17(19)20)8-11-2-4-12(5-3-11)13-6-7-14(18)15(22)9-13/h2-9,22H,1H3,(H4,19,20,21,23)/b10-8+. The van der Waals surface area contributed by atoms with Crippen molar-refractivity contribution in [1.82, 2.24) is 5.32 Å². The molecule has 1 amide bonds. The fourth-order valence-corrected chi connectivity index (χ4v) is 2.00. The Morgan fingerprint density at radius 3 is 2.39 bits per heavy atom. The zero-order chi connectivity index (χ0) is 17.0. The van der Waals surface area contributed by atoms with E-state index < -0.39 is 23.4 Å². The van der Waals surface area contributed by atoms with Crippen LogP contribution in [0.15, 0.2) is 48.0 Å². The van der Waals surface area contributed by atoms with Crippen LogP contribution in [0.25, 0.3) is 17.2 Å². The van der Waals surface area contributed by atoms with E-state index in [0.717, 1.165) is 11.1 Å². The molecule has 0 aliphatic carbocycles. The highest BCUT2D eigenvalue weighted by molar-refractivity contribution is 6.06. The lowest BCUT2D eigenvalue weighted by Crippen LogP contribution is -2.36. The average Bonchev–Trinajstić information content (AvgIpc) is 2.50. The summed E-state index contributed by atoms with van der Waals surface area (Å²) < 4.78 is 13.1. The van der Waals surface area contributed by atoms with E-state index in [9.17, 15) is 14.3 Å². The van der Waals surface area contributed by atoms with Crippen LogP contribution in [0.1, 0.15) is 12.5 Å². The lowest BCUT2D eigenvalue weighted by Gasteiger charge is -2.05. The fourth-order valence-electron chi connectivity index (χ4n) is 2.00. The molecule has 0 radical (unpaired) electrons. The highest BCUT2D eigenvalue weighted by atomic mass is 19.1. The number of phenols is 1. The third-order valence-electron chi connectivity index (χ3n) is 3.18. The molecule has 5 nitrogen and oxygen atoms in total. The normalized spacial score (nSPS) is 11.1. The van der Waals surface area contributed by atoms with Crippen LogP contribution in [0.2, 0.25) is 0 Å². The van der Waals surface area contributed by atoms with Gasteiger partial charge >= 0.3 is 0 Å². The van der Waals surface area contributed by atoms with Crippen LogP contribution in [0.4, 0.5) is 4.39 Å². The van der Waals surface area contributed by atoms with E-state index in [4.69, 9.17) is 11.1 Å². The fraction of sp³-hybridized carbons (Fsp3) is 0.0588. The lowest BCUT2D eigenvalue weighted by molar-refractivity contribution is -0.116. The maximum atomic E-state index is 13.1. The van der Waals surface area contributed by atoms with Gasteiger partial charge in [0.15, 0.2) is 17.5 Å². The van der Waals surface area contributed by atoms with Crippen molar-refractivity contribution in [2.24, 2.45) is 5.73 Å². The number of hydrogen-bond acceptors (Lipinski definition) is 3. The van der Waals surface area contributed by atoms with Gasteiger partial charge in [0.2, 0.25) is 0 Å². The summed E-state index contributed by atoms with van der Waals surface area (Å²) in [5.74, 6) is -1.91. The molecule has 0 saturated carbocycles. The number of nitrogens with two attached hydrogens (primary N) is 1. The predicted molar refractivity (Wildman–Crippen MR) is 87.2 cm³/mol. The van der Waals surface area contributed by atoms with Crippen molar-refractivity contribution >= 4 is 17.9 Å². The molecule has 2 rings (SSSR count). The Balaban J connectivity index is 2.20. The molecule has 118 valence electrons. The first-order chi connectivity index (χ1) is 10.9. The van der Waals surface area contributed by atoms with Crippen LogP contribution in [-0.2, 0) is 4.79 Å². The molecule has 0 aliphatic heterocycles. The number of amides is 1. The molecule has 0 saturated heterocycles. The summed E-state index contributed by atoms with van der Waals surface area (Å²) in [6.45, 7) is 1.62. The number of aromatic hydroxyl groups is 1. The van der Waals surface area contributed by atoms with E-state index >= 15 is 0 Å². The number of halogens is 1. The quantitative estimate of drug-likeness (QED) is 0.398. The van der Waals surface area contributed by atoms with E-state index in [1.54, 1.807) is 43.3 Å². The third-order valence-corrected chi connectivity index (χ3v) is 3.18. The van der Waals surface area contributed by atoms with Gasteiger partial charge in [0, 0.05) is 5.57 Å². The predicted octanol–water partition coefficient (Wildman–Crippen LogP) is 2.61. The van der Waals surface area contributed by atoms with Crippen LogP contribution >= 0.6 is 0 Å². The number of phenolic OH excluding ortho intramolecular Hbond substituents is 1. The summed E-state index contributed by atoms with van der Waals surface area (Å²) in [5, 5.41) is 18.6. The second kappa shape index (κ2) is 6.74. The molecule has 0 bridgehead atoms. The van der Waals surface area contributed by atoms with Gasteiger partial charge in [0.05, 0.1) is 0 Å². The molecule has 0 heterocycles. The lowest BCUT2D eigenvalue weighted by atomic mass is 10.0. The van der Waals surface area contributed by atoms with Crippen LogP contribution in [0, 0.1) is 11.2 Å². The van der Waals surface area contributed by atoms with Gasteiger partial charge < -0.3 is 10.8 Å². The maximum absolute atomic E-state index is 13.1. The highest BCUT2D eigenvalue weighted by Gasteiger charge is 2.06. The molecule has 6 heteroatoms. The number of benzene rings is 2. The molecule has 2 aromatic carbocycles. The molecule has 0 spiro atoms. The minimum absolute atomic E-state index is 0.400. The minimum Gasteiger partial charge on any atom is -0.505 e. The van der Waals surface area contributed by atoms with Gasteiger partial charge in [-0.05, 0) is 41.8 Å². The van der Waals surface area contributed by atoms with Gasteiger partial charge in [-0.1, -0.05) is 30.3 Å². The number of carbonyl (C=O) groups is 1. The van der Waals surface area contributed by atoms with Gasteiger partial charge in [0.25, 0.3) is 5.91 Å². The molecular weight excluding hydrogens is 297 g/mol. The van der Waals surface area contributed by atoms with Crippen molar-refractivity contribution in [1.29, 1.82) is 5.41 Å². The second-order valence-electron chi connectivity index (χ2n) is 4.98.